The molecule has 5 heterocycles. The lowest BCUT2D eigenvalue weighted by Gasteiger charge is -2.32. The second-order valence-electron chi connectivity index (χ2n) is 9.38. The highest BCUT2D eigenvalue weighted by Gasteiger charge is 2.24. The van der Waals surface area contributed by atoms with E-state index in [1.165, 1.54) is 5.56 Å². The zero-order valence-corrected chi connectivity index (χ0v) is 20.3. The van der Waals surface area contributed by atoms with E-state index in [-0.39, 0.29) is 5.91 Å². The molecule has 1 fully saturated rings. The monoisotopic (exact) mass is 476 g/mol. The molecule has 4 aromatic heterocycles. The predicted octanol–water partition coefficient (Wildman–Crippen LogP) is 4.97. The number of piperidine rings is 1. The van der Waals surface area contributed by atoms with Crippen molar-refractivity contribution in [3.05, 3.63) is 97.0 Å². The van der Waals surface area contributed by atoms with Crippen molar-refractivity contribution in [2.24, 2.45) is 0 Å². The highest BCUT2D eigenvalue weighted by atomic mass is 16.2. The van der Waals surface area contributed by atoms with Crippen LogP contribution >= 0.6 is 0 Å². The van der Waals surface area contributed by atoms with Gasteiger partial charge in [0, 0.05) is 49.0 Å². The summed E-state index contributed by atoms with van der Waals surface area (Å²) in [4.78, 5) is 28.2. The number of carbonyl (C=O) groups is 1. The summed E-state index contributed by atoms with van der Waals surface area (Å²) in [6, 6.07) is 18.8. The molecule has 1 aliphatic rings. The molecule has 36 heavy (non-hydrogen) atoms. The Kier molecular flexibility index (Phi) is 5.81. The number of rotatable bonds is 5. The summed E-state index contributed by atoms with van der Waals surface area (Å²) in [5.41, 5.74) is 6.41. The lowest BCUT2D eigenvalue weighted by Crippen LogP contribution is -2.39. The van der Waals surface area contributed by atoms with Gasteiger partial charge in [0.1, 0.15) is 18.0 Å². The first-order chi connectivity index (χ1) is 17.7. The number of hydrogen-bond acceptors (Lipinski definition) is 4. The molecule has 7 heteroatoms. The van der Waals surface area contributed by atoms with Gasteiger partial charge in [0.15, 0.2) is 0 Å². The van der Waals surface area contributed by atoms with Gasteiger partial charge in [-0.15, -0.1) is 0 Å². The third-order valence-electron chi connectivity index (χ3n) is 7.21. The average Bonchev–Trinajstić information content (AvgIpc) is 3.54. The van der Waals surface area contributed by atoms with Gasteiger partial charge in [0.25, 0.3) is 0 Å². The molecule has 0 aliphatic carbocycles. The van der Waals surface area contributed by atoms with Crippen LogP contribution in [0.15, 0.2) is 85.6 Å². The maximum atomic E-state index is 12.7. The van der Waals surface area contributed by atoms with Gasteiger partial charge in [-0.05, 0) is 55.5 Å². The molecule has 1 aromatic carbocycles. The summed E-state index contributed by atoms with van der Waals surface area (Å²) in [6.45, 7) is 3.84. The van der Waals surface area contributed by atoms with Gasteiger partial charge in [-0.1, -0.05) is 30.3 Å². The fourth-order valence-corrected chi connectivity index (χ4v) is 5.10. The SMILES string of the molecule is Cc1nccn1CC(=O)N1CCC(c2ccn3c(-c4ccnc(-c5ccccc5)c4)cnc3c2)CC1. The summed E-state index contributed by atoms with van der Waals surface area (Å²) < 4.78 is 4.05. The van der Waals surface area contributed by atoms with E-state index in [4.69, 9.17) is 4.98 Å². The number of carbonyl (C=O) groups excluding carboxylic acids is 1. The van der Waals surface area contributed by atoms with Crippen LogP contribution in [-0.4, -0.2) is 47.8 Å². The van der Waals surface area contributed by atoms with Crippen molar-refractivity contribution in [2.75, 3.05) is 13.1 Å². The molecule has 0 unspecified atom stereocenters. The molecule has 1 amide bonds. The van der Waals surface area contributed by atoms with Crippen molar-refractivity contribution in [3.8, 4) is 22.5 Å². The molecule has 5 aromatic rings. The molecule has 0 N–H and O–H groups in total. The first kappa shape index (κ1) is 22.2. The van der Waals surface area contributed by atoms with Gasteiger partial charge in [-0.3, -0.25) is 14.2 Å². The minimum atomic E-state index is 0.162. The van der Waals surface area contributed by atoms with Crippen molar-refractivity contribution >= 4 is 11.6 Å². The lowest BCUT2D eigenvalue weighted by atomic mass is 9.90. The van der Waals surface area contributed by atoms with Crippen molar-refractivity contribution < 1.29 is 4.79 Å². The summed E-state index contributed by atoms with van der Waals surface area (Å²) >= 11 is 0. The van der Waals surface area contributed by atoms with E-state index in [9.17, 15) is 4.79 Å². The van der Waals surface area contributed by atoms with Crippen LogP contribution in [0.4, 0.5) is 0 Å². The maximum Gasteiger partial charge on any atom is 0.242 e. The molecule has 1 saturated heterocycles. The standard InChI is InChI=1S/C29H28N6O/c1-21-30-12-16-34(21)20-29(36)33-13-8-22(9-14-33)24-10-15-35-27(19-32-28(35)18-24)25-7-11-31-26(17-25)23-5-3-2-4-6-23/h2-7,10-12,15-19,22H,8-9,13-14,20H2,1H3. The highest BCUT2D eigenvalue weighted by molar-refractivity contribution is 5.76. The van der Waals surface area contributed by atoms with Gasteiger partial charge in [-0.2, -0.15) is 0 Å². The minimum Gasteiger partial charge on any atom is -0.341 e. The Hall–Kier alpha value is -4.26. The Labute approximate surface area is 210 Å². The minimum absolute atomic E-state index is 0.162. The molecule has 0 atom stereocenters. The van der Waals surface area contributed by atoms with E-state index < -0.39 is 0 Å². The third-order valence-corrected chi connectivity index (χ3v) is 7.21. The third kappa shape index (κ3) is 4.28. The van der Waals surface area contributed by atoms with Crippen molar-refractivity contribution in [3.63, 3.8) is 0 Å². The number of likely N-dealkylation sites (tertiary alicyclic amines) is 1. The average molecular weight is 477 g/mol. The summed E-state index contributed by atoms with van der Waals surface area (Å²) in [5.74, 6) is 1.46. The molecule has 6 rings (SSSR count). The van der Waals surface area contributed by atoms with E-state index in [0.29, 0.717) is 12.5 Å². The number of amides is 1. The number of imidazole rings is 2. The predicted molar refractivity (Wildman–Crippen MR) is 139 cm³/mol. The normalized spacial score (nSPS) is 14.4. The molecule has 7 nitrogen and oxygen atoms in total. The Morgan fingerprint density at radius 1 is 0.917 bits per heavy atom. The Morgan fingerprint density at radius 3 is 2.53 bits per heavy atom. The van der Waals surface area contributed by atoms with E-state index in [2.05, 4.69) is 50.9 Å². The van der Waals surface area contributed by atoms with Crippen LogP contribution in [0, 0.1) is 6.92 Å². The van der Waals surface area contributed by atoms with Crippen molar-refractivity contribution in [1.29, 1.82) is 0 Å². The van der Waals surface area contributed by atoms with Crippen LogP contribution in [0.25, 0.3) is 28.2 Å². The number of nitrogens with zero attached hydrogens (tertiary/aromatic N) is 6. The molecule has 1 aliphatic heterocycles. The van der Waals surface area contributed by atoms with Crippen LogP contribution in [0.2, 0.25) is 0 Å². The number of pyridine rings is 2. The van der Waals surface area contributed by atoms with E-state index in [0.717, 1.165) is 59.9 Å². The molecule has 0 spiro atoms. The number of fused-ring (bicyclic) bond motifs is 1. The summed E-state index contributed by atoms with van der Waals surface area (Å²) in [7, 11) is 0. The molecular formula is C29H28N6O. The van der Waals surface area contributed by atoms with Crippen molar-refractivity contribution in [1.82, 2.24) is 28.8 Å². The molecule has 0 saturated carbocycles. The zero-order valence-electron chi connectivity index (χ0n) is 20.3. The molecule has 0 radical (unpaired) electrons. The van der Waals surface area contributed by atoms with E-state index >= 15 is 0 Å². The lowest BCUT2D eigenvalue weighted by molar-refractivity contribution is -0.132. The van der Waals surface area contributed by atoms with E-state index in [1.807, 2.05) is 59.2 Å². The van der Waals surface area contributed by atoms with Crippen LogP contribution in [0.1, 0.15) is 30.1 Å². The van der Waals surface area contributed by atoms with Gasteiger partial charge in [0.2, 0.25) is 5.91 Å². The summed E-state index contributed by atoms with van der Waals surface area (Å²) in [6.07, 6.45) is 11.4. The topological polar surface area (TPSA) is 68.3 Å². The first-order valence-corrected chi connectivity index (χ1v) is 12.4. The van der Waals surface area contributed by atoms with Gasteiger partial charge in [-0.25, -0.2) is 9.97 Å². The number of benzene rings is 1. The van der Waals surface area contributed by atoms with Crippen LogP contribution in [0.5, 0.6) is 0 Å². The smallest absolute Gasteiger partial charge is 0.242 e. The second kappa shape index (κ2) is 9.41. The first-order valence-electron chi connectivity index (χ1n) is 12.4. The molecular weight excluding hydrogens is 448 g/mol. The quantitative estimate of drug-likeness (QED) is 0.359. The highest BCUT2D eigenvalue weighted by Crippen LogP contribution is 2.31. The van der Waals surface area contributed by atoms with Gasteiger partial charge in [0.05, 0.1) is 17.6 Å². The van der Waals surface area contributed by atoms with E-state index in [1.54, 1.807) is 6.20 Å². The Balaban J connectivity index is 1.17. The van der Waals surface area contributed by atoms with Gasteiger partial charge >= 0.3 is 0 Å². The number of aryl methyl sites for hydroxylation is 1. The maximum absolute atomic E-state index is 12.7. The molecule has 0 bridgehead atoms. The second-order valence-corrected chi connectivity index (χ2v) is 9.38. The zero-order chi connectivity index (χ0) is 24.5. The van der Waals surface area contributed by atoms with Crippen LogP contribution < -0.4 is 0 Å². The van der Waals surface area contributed by atoms with Crippen molar-refractivity contribution in [2.45, 2.75) is 32.2 Å². The van der Waals surface area contributed by atoms with Gasteiger partial charge < -0.3 is 9.47 Å². The van der Waals surface area contributed by atoms with Crippen LogP contribution in [-0.2, 0) is 11.3 Å². The number of aromatic nitrogens is 5. The Morgan fingerprint density at radius 2 is 1.75 bits per heavy atom. The fourth-order valence-electron chi connectivity index (χ4n) is 5.10. The van der Waals surface area contributed by atoms with Crippen LogP contribution in [0.3, 0.4) is 0 Å². The fraction of sp³-hybridized carbons (Fsp3) is 0.241. The number of hydrogen-bond donors (Lipinski definition) is 0. The largest absolute Gasteiger partial charge is 0.341 e. The summed E-state index contributed by atoms with van der Waals surface area (Å²) in [5, 5.41) is 0. The molecule has 180 valence electrons. The Bertz CT molecular complexity index is 1510.